The van der Waals surface area contributed by atoms with Crippen molar-refractivity contribution in [1.29, 1.82) is 0 Å². The van der Waals surface area contributed by atoms with Crippen LogP contribution in [0.4, 0.5) is 6.01 Å². The van der Waals surface area contributed by atoms with E-state index >= 15 is 0 Å². The normalized spacial score (nSPS) is 15.8. The van der Waals surface area contributed by atoms with Crippen molar-refractivity contribution in [2.45, 2.75) is 26.7 Å². The van der Waals surface area contributed by atoms with Crippen LogP contribution < -0.4 is 5.32 Å². The minimum atomic E-state index is 0.0289. The van der Waals surface area contributed by atoms with Crippen LogP contribution in [0.1, 0.15) is 24.3 Å². The molecule has 0 radical (unpaired) electrons. The molecule has 0 aromatic carbocycles. The first kappa shape index (κ1) is 8.29. The molecule has 1 aromatic rings. The van der Waals surface area contributed by atoms with Crippen LogP contribution in [0.15, 0.2) is 4.42 Å². The van der Waals surface area contributed by atoms with E-state index in [4.69, 9.17) is 4.42 Å². The Morgan fingerprint density at radius 3 is 2.69 bits per heavy atom. The summed E-state index contributed by atoms with van der Waals surface area (Å²) in [7, 11) is 0. The number of carbonyl (C=O) groups excluding carboxylic acids is 1. The number of oxazole rings is 1. The second kappa shape index (κ2) is 2.87. The van der Waals surface area contributed by atoms with Crippen LogP contribution in [0.25, 0.3) is 0 Å². The van der Waals surface area contributed by atoms with Crippen molar-refractivity contribution < 1.29 is 9.21 Å². The van der Waals surface area contributed by atoms with Crippen LogP contribution in [0, 0.1) is 19.8 Å². The van der Waals surface area contributed by atoms with Gasteiger partial charge in [0, 0.05) is 5.92 Å². The standard InChI is InChI=1S/C9H12N2O2/c1-5-6(2)13-9(10-5)11-8(12)7-3-4-7/h7H,3-4H2,1-2H3,(H,10,11,12). The van der Waals surface area contributed by atoms with Crippen molar-refractivity contribution in [1.82, 2.24) is 4.98 Å². The molecule has 1 aliphatic rings. The van der Waals surface area contributed by atoms with Crippen LogP contribution in [0.5, 0.6) is 0 Å². The first-order chi connectivity index (χ1) is 6.16. The van der Waals surface area contributed by atoms with Gasteiger partial charge in [0.25, 0.3) is 0 Å². The van der Waals surface area contributed by atoms with E-state index in [2.05, 4.69) is 10.3 Å². The van der Waals surface area contributed by atoms with Gasteiger partial charge >= 0.3 is 6.01 Å². The summed E-state index contributed by atoms with van der Waals surface area (Å²) in [6.07, 6.45) is 1.98. The van der Waals surface area contributed by atoms with Crippen molar-refractivity contribution in [3.63, 3.8) is 0 Å². The van der Waals surface area contributed by atoms with Gasteiger partial charge in [-0.3, -0.25) is 10.1 Å². The van der Waals surface area contributed by atoms with Crippen LogP contribution in [0.3, 0.4) is 0 Å². The molecule has 1 saturated carbocycles. The zero-order chi connectivity index (χ0) is 9.42. The molecule has 70 valence electrons. The van der Waals surface area contributed by atoms with Gasteiger partial charge in [-0.15, -0.1) is 0 Å². The third-order valence-electron chi connectivity index (χ3n) is 2.21. The highest BCUT2D eigenvalue weighted by Gasteiger charge is 2.30. The van der Waals surface area contributed by atoms with Gasteiger partial charge in [0.15, 0.2) is 0 Å². The molecule has 0 unspecified atom stereocenters. The van der Waals surface area contributed by atoms with E-state index < -0.39 is 0 Å². The second-order valence-corrected chi connectivity index (χ2v) is 3.42. The number of carbonyl (C=O) groups is 1. The molecule has 0 aliphatic heterocycles. The molecule has 1 heterocycles. The van der Waals surface area contributed by atoms with Crippen molar-refractivity contribution >= 4 is 11.9 Å². The molecule has 0 saturated heterocycles. The fourth-order valence-corrected chi connectivity index (χ4v) is 1.08. The minimum Gasteiger partial charge on any atom is -0.428 e. The molecule has 1 amide bonds. The van der Waals surface area contributed by atoms with Gasteiger partial charge < -0.3 is 4.42 Å². The number of nitrogens with one attached hydrogen (secondary N) is 1. The van der Waals surface area contributed by atoms with E-state index in [1.54, 1.807) is 0 Å². The Kier molecular flexibility index (Phi) is 1.83. The molecule has 1 aliphatic carbocycles. The molecule has 0 atom stereocenters. The first-order valence-corrected chi connectivity index (χ1v) is 4.41. The Bertz CT molecular complexity index is 320. The molecule has 0 bridgehead atoms. The number of rotatable bonds is 2. The van der Waals surface area contributed by atoms with Crippen LogP contribution >= 0.6 is 0 Å². The summed E-state index contributed by atoms with van der Waals surface area (Å²) in [6, 6.07) is 0.326. The summed E-state index contributed by atoms with van der Waals surface area (Å²) in [5.74, 6) is 0.972. The molecule has 1 fully saturated rings. The molecular formula is C9H12N2O2. The van der Waals surface area contributed by atoms with Gasteiger partial charge in [-0.25, -0.2) is 0 Å². The lowest BCUT2D eigenvalue weighted by Gasteiger charge is -1.96. The maximum Gasteiger partial charge on any atom is 0.301 e. The second-order valence-electron chi connectivity index (χ2n) is 3.42. The van der Waals surface area contributed by atoms with Gasteiger partial charge in [-0.2, -0.15) is 4.98 Å². The molecular weight excluding hydrogens is 168 g/mol. The van der Waals surface area contributed by atoms with Crippen molar-refractivity contribution in [3.8, 4) is 0 Å². The summed E-state index contributed by atoms with van der Waals surface area (Å²) in [4.78, 5) is 15.3. The molecule has 1 aromatic heterocycles. The predicted molar refractivity (Wildman–Crippen MR) is 47.3 cm³/mol. The maximum absolute atomic E-state index is 11.3. The van der Waals surface area contributed by atoms with Crippen molar-refractivity contribution in [3.05, 3.63) is 11.5 Å². The smallest absolute Gasteiger partial charge is 0.301 e. The van der Waals surface area contributed by atoms with Gasteiger partial charge in [0.1, 0.15) is 5.76 Å². The van der Waals surface area contributed by atoms with Gasteiger partial charge in [0.2, 0.25) is 5.91 Å². The Morgan fingerprint density at radius 2 is 2.23 bits per heavy atom. The average Bonchev–Trinajstić information content (AvgIpc) is 2.81. The monoisotopic (exact) mass is 180 g/mol. The highest BCUT2D eigenvalue weighted by Crippen LogP contribution is 2.30. The molecule has 0 spiro atoms. The minimum absolute atomic E-state index is 0.0289. The highest BCUT2D eigenvalue weighted by atomic mass is 16.4. The number of aryl methyl sites for hydroxylation is 2. The number of amides is 1. The fourth-order valence-electron chi connectivity index (χ4n) is 1.08. The number of nitrogens with zero attached hydrogens (tertiary/aromatic N) is 1. The van der Waals surface area contributed by atoms with Gasteiger partial charge in [-0.1, -0.05) is 0 Å². The summed E-state index contributed by atoms with van der Waals surface area (Å²) in [6.45, 7) is 3.68. The largest absolute Gasteiger partial charge is 0.428 e. The predicted octanol–water partition coefficient (Wildman–Crippen LogP) is 1.64. The lowest BCUT2D eigenvalue weighted by atomic mass is 10.4. The highest BCUT2D eigenvalue weighted by molar-refractivity contribution is 5.92. The zero-order valence-electron chi connectivity index (χ0n) is 7.76. The summed E-state index contributed by atoms with van der Waals surface area (Å²) in [5.41, 5.74) is 0.825. The molecule has 13 heavy (non-hydrogen) atoms. The molecule has 2 rings (SSSR count). The first-order valence-electron chi connectivity index (χ1n) is 4.41. The lowest BCUT2D eigenvalue weighted by molar-refractivity contribution is -0.117. The Balaban J connectivity index is 2.04. The summed E-state index contributed by atoms with van der Waals surface area (Å²) >= 11 is 0. The molecule has 1 N–H and O–H groups in total. The van der Waals surface area contributed by atoms with Crippen LogP contribution in [-0.2, 0) is 4.79 Å². The van der Waals surface area contributed by atoms with Crippen molar-refractivity contribution in [2.24, 2.45) is 5.92 Å². The third kappa shape index (κ3) is 1.71. The molecule has 4 nitrogen and oxygen atoms in total. The summed E-state index contributed by atoms with van der Waals surface area (Å²) < 4.78 is 5.22. The van der Waals surface area contributed by atoms with Crippen LogP contribution in [-0.4, -0.2) is 10.9 Å². The van der Waals surface area contributed by atoms with E-state index in [0.717, 1.165) is 24.3 Å². The Hall–Kier alpha value is -1.32. The van der Waals surface area contributed by atoms with Crippen molar-refractivity contribution in [2.75, 3.05) is 5.32 Å². The SMILES string of the molecule is Cc1nc(NC(=O)C2CC2)oc1C. The van der Waals surface area contributed by atoms with Crippen LogP contribution in [0.2, 0.25) is 0 Å². The summed E-state index contributed by atoms with van der Waals surface area (Å²) in [5, 5.41) is 2.65. The average molecular weight is 180 g/mol. The van der Waals surface area contributed by atoms with E-state index in [-0.39, 0.29) is 11.8 Å². The van der Waals surface area contributed by atoms with E-state index in [1.165, 1.54) is 0 Å². The third-order valence-corrected chi connectivity index (χ3v) is 2.21. The molecule has 4 heteroatoms. The number of hydrogen-bond donors (Lipinski definition) is 1. The van der Waals surface area contributed by atoms with Gasteiger partial charge in [-0.05, 0) is 26.7 Å². The fraction of sp³-hybridized carbons (Fsp3) is 0.556. The topological polar surface area (TPSA) is 55.1 Å². The maximum atomic E-state index is 11.3. The van der Waals surface area contributed by atoms with E-state index in [9.17, 15) is 4.79 Å². The van der Waals surface area contributed by atoms with Gasteiger partial charge in [0.05, 0.1) is 5.69 Å². The lowest BCUT2D eigenvalue weighted by Crippen LogP contribution is -2.13. The van der Waals surface area contributed by atoms with E-state index in [0.29, 0.717) is 6.01 Å². The number of anilines is 1. The Morgan fingerprint density at radius 1 is 1.54 bits per heavy atom. The quantitative estimate of drug-likeness (QED) is 0.752. The number of hydrogen-bond acceptors (Lipinski definition) is 3. The van der Waals surface area contributed by atoms with E-state index in [1.807, 2.05) is 13.8 Å². The zero-order valence-corrected chi connectivity index (χ0v) is 7.76. The Labute approximate surface area is 76.3 Å². The number of aromatic nitrogens is 1.